The molecule has 0 spiro atoms. The standard InChI is InChI=1S/C26H35NO5/c1-15-10-12-18(13-11-15)19-14-20(27-17(3)28)16(2)21(23(29)31-25(4,5)6)22(19)24(30)32-26(7,8)9/h10-14,16,20H,1-9H3,(H,27,28)/t16-,20-/m0/s1. The Hall–Kier alpha value is -2.89. The van der Waals surface area contributed by atoms with Crippen LogP contribution in [0.3, 0.4) is 0 Å². The van der Waals surface area contributed by atoms with Gasteiger partial charge in [-0.05, 0) is 59.6 Å². The molecule has 1 amide bonds. The Morgan fingerprint density at radius 3 is 1.84 bits per heavy atom. The van der Waals surface area contributed by atoms with Crippen LogP contribution in [-0.2, 0) is 23.9 Å². The van der Waals surface area contributed by atoms with Gasteiger partial charge in [-0.25, -0.2) is 9.59 Å². The zero-order valence-electron chi connectivity index (χ0n) is 20.6. The second-order valence-electron chi connectivity index (χ2n) is 10.3. The lowest BCUT2D eigenvalue weighted by molar-refractivity contribution is -0.153. The summed E-state index contributed by atoms with van der Waals surface area (Å²) >= 11 is 0. The van der Waals surface area contributed by atoms with Gasteiger partial charge in [0.1, 0.15) is 11.2 Å². The van der Waals surface area contributed by atoms with Crippen molar-refractivity contribution in [1.82, 2.24) is 5.32 Å². The second-order valence-corrected chi connectivity index (χ2v) is 10.3. The van der Waals surface area contributed by atoms with E-state index < -0.39 is 35.1 Å². The van der Waals surface area contributed by atoms with Crippen LogP contribution in [0.2, 0.25) is 0 Å². The molecule has 6 heteroatoms. The minimum Gasteiger partial charge on any atom is -0.457 e. The van der Waals surface area contributed by atoms with Crippen LogP contribution in [0.25, 0.3) is 5.57 Å². The third kappa shape index (κ3) is 6.55. The highest BCUT2D eigenvalue weighted by molar-refractivity contribution is 6.14. The number of nitrogens with one attached hydrogen (secondary N) is 1. The van der Waals surface area contributed by atoms with Crippen LogP contribution in [0.5, 0.6) is 0 Å². The van der Waals surface area contributed by atoms with Gasteiger partial charge in [-0.3, -0.25) is 4.79 Å². The number of benzene rings is 1. The SMILES string of the molecule is CC(=O)N[C@H]1C=C(c2ccc(C)cc2)C(C(=O)OC(C)(C)C)=C(C(=O)OC(C)(C)C)[C@H]1C. The fourth-order valence-corrected chi connectivity index (χ4v) is 3.50. The number of amides is 1. The lowest BCUT2D eigenvalue weighted by Gasteiger charge is -2.33. The van der Waals surface area contributed by atoms with Crippen LogP contribution in [-0.4, -0.2) is 35.1 Å². The molecular weight excluding hydrogens is 406 g/mol. The summed E-state index contributed by atoms with van der Waals surface area (Å²) in [5.74, 6) is -1.92. The van der Waals surface area contributed by atoms with E-state index in [-0.39, 0.29) is 17.1 Å². The fourth-order valence-electron chi connectivity index (χ4n) is 3.50. The minimum atomic E-state index is -0.752. The molecule has 0 fully saturated rings. The number of hydrogen-bond acceptors (Lipinski definition) is 5. The van der Waals surface area contributed by atoms with E-state index in [9.17, 15) is 14.4 Å². The Morgan fingerprint density at radius 2 is 1.38 bits per heavy atom. The average molecular weight is 442 g/mol. The van der Waals surface area contributed by atoms with Gasteiger partial charge in [0.2, 0.25) is 5.91 Å². The van der Waals surface area contributed by atoms with Gasteiger partial charge in [0.15, 0.2) is 0 Å². The van der Waals surface area contributed by atoms with Crippen LogP contribution in [0, 0.1) is 12.8 Å². The molecule has 0 aromatic heterocycles. The summed E-state index contributed by atoms with van der Waals surface area (Å²) in [5.41, 5.74) is 1.22. The maximum absolute atomic E-state index is 13.4. The molecule has 1 N–H and O–H groups in total. The first-order valence-corrected chi connectivity index (χ1v) is 10.9. The molecule has 2 rings (SSSR count). The van der Waals surface area contributed by atoms with Crippen molar-refractivity contribution in [3.05, 3.63) is 52.6 Å². The maximum Gasteiger partial charge on any atom is 0.339 e. The Morgan fingerprint density at radius 1 is 0.875 bits per heavy atom. The van der Waals surface area contributed by atoms with Gasteiger partial charge in [-0.15, -0.1) is 0 Å². The summed E-state index contributed by atoms with van der Waals surface area (Å²) in [4.78, 5) is 38.6. The molecule has 1 aliphatic rings. The predicted molar refractivity (Wildman–Crippen MR) is 125 cm³/mol. The van der Waals surface area contributed by atoms with Crippen molar-refractivity contribution in [2.24, 2.45) is 5.92 Å². The molecule has 174 valence electrons. The summed E-state index contributed by atoms with van der Waals surface area (Å²) in [6.45, 7) is 15.8. The Bertz CT molecular complexity index is 955. The summed E-state index contributed by atoms with van der Waals surface area (Å²) in [6.07, 6.45) is 1.82. The van der Waals surface area contributed by atoms with Gasteiger partial charge >= 0.3 is 11.9 Å². The van der Waals surface area contributed by atoms with E-state index in [1.165, 1.54) is 6.92 Å². The average Bonchev–Trinajstić information content (AvgIpc) is 2.60. The van der Waals surface area contributed by atoms with Crippen LogP contribution in [0.1, 0.15) is 66.5 Å². The van der Waals surface area contributed by atoms with Crippen LogP contribution >= 0.6 is 0 Å². The first-order chi connectivity index (χ1) is 14.6. The van der Waals surface area contributed by atoms with Crippen molar-refractivity contribution < 1.29 is 23.9 Å². The van der Waals surface area contributed by atoms with E-state index in [2.05, 4.69) is 5.32 Å². The molecule has 32 heavy (non-hydrogen) atoms. The van der Waals surface area contributed by atoms with Gasteiger partial charge in [0.25, 0.3) is 0 Å². The topological polar surface area (TPSA) is 81.7 Å². The molecule has 2 atom stereocenters. The van der Waals surface area contributed by atoms with Crippen molar-refractivity contribution in [2.45, 2.75) is 79.6 Å². The Balaban J connectivity index is 2.77. The first kappa shape index (κ1) is 25.4. The third-order valence-electron chi connectivity index (χ3n) is 4.83. The maximum atomic E-state index is 13.4. The molecule has 0 bridgehead atoms. The molecule has 0 heterocycles. The lowest BCUT2D eigenvalue weighted by atomic mass is 9.78. The first-order valence-electron chi connectivity index (χ1n) is 10.9. The number of esters is 2. The van der Waals surface area contributed by atoms with Crippen LogP contribution in [0.4, 0.5) is 0 Å². The van der Waals surface area contributed by atoms with E-state index in [0.29, 0.717) is 5.57 Å². The molecule has 0 radical (unpaired) electrons. The minimum absolute atomic E-state index is 0.173. The molecular formula is C26H35NO5. The zero-order chi connectivity index (χ0) is 24.4. The number of ether oxygens (including phenoxy) is 2. The Kier molecular flexibility index (Phi) is 7.38. The quantitative estimate of drug-likeness (QED) is 0.695. The van der Waals surface area contributed by atoms with Crippen molar-refractivity contribution in [3.8, 4) is 0 Å². The van der Waals surface area contributed by atoms with E-state index in [1.54, 1.807) is 48.5 Å². The van der Waals surface area contributed by atoms with E-state index in [4.69, 9.17) is 9.47 Å². The van der Waals surface area contributed by atoms with Gasteiger partial charge < -0.3 is 14.8 Å². The number of rotatable bonds is 4. The summed E-state index contributed by atoms with van der Waals surface area (Å²) in [7, 11) is 0. The van der Waals surface area contributed by atoms with Crippen LogP contribution in [0.15, 0.2) is 41.5 Å². The predicted octanol–water partition coefficient (Wildman–Crippen LogP) is 4.51. The molecule has 1 aromatic rings. The van der Waals surface area contributed by atoms with Crippen LogP contribution < -0.4 is 5.32 Å². The molecule has 0 saturated carbocycles. The van der Waals surface area contributed by atoms with Crippen molar-refractivity contribution in [1.29, 1.82) is 0 Å². The lowest BCUT2D eigenvalue weighted by Crippen LogP contribution is -2.43. The summed E-state index contributed by atoms with van der Waals surface area (Å²) in [5, 5.41) is 2.89. The van der Waals surface area contributed by atoms with Gasteiger partial charge in [0.05, 0.1) is 17.2 Å². The molecule has 1 aliphatic carbocycles. The van der Waals surface area contributed by atoms with E-state index in [0.717, 1.165) is 11.1 Å². The third-order valence-corrected chi connectivity index (χ3v) is 4.83. The highest BCUT2D eigenvalue weighted by atomic mass is 16.6. The van der Waals surface area contributed by atoms with Crippen molar-refractivity contribution >= 4 is 23.4 Å². The van der Waals surface area contributed by atoms with E-state index in [1.807, 2.05) is 37.3 Å². The number of carbonyl (C=O) groups excluding carboxylic acids is 3. The smallest absolute Gasteiger partial charge is 0.339 e. The molecule has 1 aromatic carbocycles. The molecule has 0 unspecified atom stereocenters. The molecule has 0 saturated heterocycles. The highest BCUT2D eigenvalue weighted by Crippen LogP contribution is 2.38. The van der Waals surface area contributed by atoms with Gasteiger partial charge in [-0.1, -0.05) is 42.8 Å². The monoisotopic (exact) mass is 441 g/mol. The summed E-state index contributed by atoms with van der Waals surface area (Å²) in [6, 6.07) is 7.15. The normalized spacial score (nSPS) is 19.2. The van der Waals surface area contributed by atoms with Gasteiger partial charge in [-0.2, -0.15) is 0 Å². The highest BCUT2D eigenvalue weighted by Gasteiger charge is 2.40. The molecule has 0 aliphatic heterocycles. The zero-order valence-corrected chi connectivity index (χ0v) is 20.6. The Labute approximate surface area is 191 Å². The van der Waals surface area contributed by atoms with E-state index >= 15 is 0 Å². The van der Waals surface area contributed by atoms with Gasteiger partial charge in [0, 0.05) is 12.8 Å². The van der Waals surface area contributed by atoms with Crippen molar-refractivity contribution in [2.75, 3.05) is 0 Å². The number of aryl methyl sites for hydroxylation is 1. The largest absolute Gasteiger partial charge is 0.457 e. The number of carbonyl (C=O) groups is 3. The number of hydrogen-bond donors (Lipinski definition) is 1. The van der Waals surface area contributed by atoms with Crippen molar-refractivity contribution in [3.63, 3.8) is 0 Å². The summed E-state index contributed by atoms with van der Waals surface area (Å²) < 4.78 is 11.4. The molecule has 6 nitrogen and oxygen atoms in total. The second kappa shape index (κ2) is 9.31. The fraction of sp³-hybridized carbons (Fsp3) is 0.500.